The summed E-state index contributed by atoms with van der Waals surface area (Å²) >= 11 is 3.01. The lowest BCUT2D eigenvalue weighted by molar-refractivity contribution is -0.0712. The third-order valence-corrected chi connectivity index (χ3v) is 7.43. The van der Waals surface area contributed by atoms with Gasteiger partial charge in [0.15, 0.2) is 0 Å². The summed E-state index contributed by atoms with van der Waals surface area (Å²) in [6, 6.07) is 5.39. The van der Waals surface area contributed by atoms with Gasteiger partial charge in [0.25, 0.3) is 11.8 Å². The van der Waals surface area contributed by atoms with Crippen LogP contribution in [0.1, 0.15) is 46.7 Å². The molecule has 0 aliphatic carbocycles. The number of piperidine rings is 1. The van der Waals surface area contributed by atoms with Crippen LogP contribution in [0.25, 0.3) is 0 Å². The molecule has 1 unspecified atom stereocenters. The lowest BCUT2D eigenvalue weighted by Gasteiger charge is -2.39. The molecule has 2 aliphatic rings. The Balaban J connectivity index is 1.25. The molecule has 2 saturated heterocycles. The van der Waals surface area contributed by atoms with Gasteiger partial charge in [0.2, 0.25) is 0 Å². The van der Waals surface area contributed by atoms with Crippen molar-refractivity contribution in [2.45, 2.75) is 41.7 Å². The summed E-state index contributed by atoms with van der Waals surface area (Å²) in [5.74, 6) is -0.169. The number of thiazole rings is 1. The Kier molecular flexibility index (Phi) is 6.17. The van der Waals surface area contributed by atoms with Crippen LogP contribution >= 0.6 is 23.1 Å². The van der Waals surface area contributed by atoms with Crippen LogP contribution in [0.3, 0.4) is 0 Å². The summed E-state index contributed by atoms with van der Waals surface area (Å²) in [6.45, 7) is 1.83. The maximum Gasteiger partial charge on any atom is 0.272 e. The van der Waals surface area contributed by atoms with E-state index in [1.807, 2.05) is 23.3 Å². The van der Waals surface area contributed by atoms with Crippen LogP contribution in [0.2, 0.25) is 0 Å². The van der Waals surface area contributed by atoms with E-state index in [2.05, 4.69) is 15.3 Å². The second-order valence-electron chi connectivity index (χ2n) is 7.38. The minimum Gasteiger partial charge on any atom is -0.370 e. The number of hydrogen-bond acceptors (Lipinski definition) is 7. The molecule has 2 fully saturated rings. The van der Waals surface area contributed by atoms with Crippen LogP contribution < -0.4 is 5.32 Å². The van der Waals surface area contributed by atoms with E-state index < -0.39 is 0 Å². The van der Waals surface area contributed by atoms with E-state index in [-0.39, 0.29) is 23.5 Å². The Morgan fingerprint density at radius 1 is 1.31 bits per heavy atom. The Morgan fingerprint density at radius 2 is 2.14 bits per heavy atom. The first-order valence-electron chi connectivity index (χ1n) is 9.74. The van der Waals surface area contributed by atoms with Gasteiger partial charge in [-0.3, -0.25) is 14.6 Å². The number of pyridine rings is 1. The fourth-order valence-corrected chi connectivity index (χ4v) is 5.17. The van der Waals surface area contributed by atoms with Gasteiger partial charge in [0.1, 0.15) is 15.7 Å². The molecule has 2 amide bonds. The number of nitrogens with one attached hydrogen (secondary N) is 1. The Morgan fingerprint density at radius 3 is 2.83 bits per heavy atom. The van der Waals surface area contributed by atoms with Crippen molar-refractivity contribution in [1.82, 2.24) is 20.2 Å². The highest BCUT2D eigenvalue weighted by Gasteiger charge is 2.43. The molecule has 4 heterocycles. The largest absolute Gasteiger partial charge is 0.370 e. The van der Waals surface area contributed by atoms with Crippen LogP contribution in [0.15, 0.2) is 34.1 Å². The predicted molar refractivity (Wildman–Crippen MR) is 112 cm³/mol. The number of amides is 2. The van der Waals surface area contributed by atoms with E-state index in [0.29, 0.717) is 31.0 Å². The van der Waals surface area contributed by atoms with E-state index in [9.17, 15) is 9.59 Å². The fourth-order valence-electron chi connectivity index (χ4n) is 3.93. The van der Waals surface area contributed by atoms with Gasteiger partial charge >= 0.3 is 0 Å². The van der Waals surface area contributed by atoms with Crippen LogP contribution in [-0.4, -0.2) is 64.3 Å². The summed E-state index contributed by atoms with van der Waals surface area (Å²) in [5.41, 5.74) is 0.777. The highest BCUT2D eigenvalue weighted by atomic mass is 32.2. The van der Waals surface area contributed by atoms with Gasteiger partial charge in [0, 0.05) is 31.2 Å². The number of rotatable bonds is 5. The predicted octanol–water partition coefficient (Wildman–Crippen LogP) is 2.84. The Bertz CT molecular complexity index is 866. The first-order valence-corrected chi connectivity index (χ1v) is 11.8. The molecule has 4 rings (SSSR count). The van der Waals surface area contributed by atoms with Gasteiger partial charge in [-0.15, -0.1) is 11.3 Å². The van der Waals surface area contributed by atoms with Crippen molar-refractivity contribution in [3.63, 3.8) is 0 Å². The molecule has 0 saturated carbocycles. The molecule has 0 radical (unpaired) electrons. The molecular weight excluding hydrogens is 408 g/mol. The zero-order valence-corrected chi connectivity index (χ0v) is 17.9. The average molecular weight is 433 g/mol. The van der Waals surface area contributed by atoms with Gasteiger partial charge in [-0.2, -0.15) is 0 Å². The van der Waals surface area contributed by atoms with E-state index in [1.54, 1.807) is 17.6 Å². The zero-order chi connectivity index (χ0) is 20.3. The normalized spacial score (nSPS) is 20.7. The standard InChI is InChI=1S/C20H24N4O3S2/c1-28-19-23-16(13-29-19)17(25)22-12-14-5-6-20(27-14)7-10-24(11-8-20)18(26)15-4-2-3-9-21-15/h2-4,9,13-14H,5-8,10-12H2,1H3,(H,22,25). The fraction of sp³-hybridized carbons (Fsp3) is 0.500. The number of thioether (sulfide) groups is 1. The van der Waals surface area contributed by atoms with Crippen molar-refractivity contribution >= 4 is 34.9 Å². The van der Waals surface area contributed by atoms with Crippen molar-refractivity contribution in [3.8, 4) is 0 Å². The van der Waals surface area contributed by atoms with Crippen molar-refractivity contribution in [3.05, 3.63) is 41.2 Å². The molecule has 2 aromatic rings. The van der Waals surface area contributed by atoms with Gasteiger partial charge in [-0.25, -0.2) is 4.98 Å². The zero-order valence-electron chi connectivity index (χ0n) is 16.3. The van der Waals surface area contributed by atoms with Crippen LogP contribution in [0.5, 0.6) is 0 Å². The first kappa shape index (κ1) is 20.3. The molecule has 0 bridgehead atoms. The first-order chi connectivity index (χ1) is 14.1. The Hall–Kier alpha value is -1.97. The lowest BCUT2D eigenvalue weighted by atomic mass is 9.88. The highest BCUT2D eigenvalue weighted by Crippen LogP contribution is 2.39. The van der Waals surface area contributed by atoms with Crippen LogP contribution in [0.4, 0.5) is 0 Å². The van der Waals surface area contributed by atoms with Gasteiger partial charge in [-0.05, 0) is 44.1 Å². The third-order valence-electron chi connectivity index (χ3n) is 5.57. The number of carbonyl (C=O) groups excluding carboxylic acids is 2. The van der Waals surface area contributed by atoms with Crippen molar-refractivity contribution in [1.29, 1.82) is 0 Å². The monoisotopic (exact) mass is 432 g/mol. The number of nitrogens with zero attached hydrogens (tertiary/aromatic N) is 3. The maximum absolute atomic E-state index is 12.6. The number of aromatic nitrogens is 2. The highest BCUT2D eigenvalue weighted by molar-refractivity contribution is 8.00. The van der Waals surface area contributed by atoms with Crippen molar-refractivity contribution in [2.24, 2.45) is 0 Å². The smallest absolute Gasteiger partial charge is 0.272 e. The summed E-state index contributed by atoms with van der Waals surface area (Å²) in [5, 5.41) is 4.73. The average Bonchev–Trinajstić information content (AvgIpc) is 3.40. The summed E-state index contributed by atoms with van der Waals surface area (Å²) in [6.07, 6.45) is 7.12. The second kappa shape index (κ2) is 8.81. The van der Waals surface area contributed by atoms with E-state index in [1.165, 1.54) is 23.1 Å². The molecule has 154 valence electrons. The minimum absolute atomic E-state index is 0.00986. The SMILES string of the molecule is CSc1nc(C(=O)NCC2CCC3(CCN(C(=O)c4ccccn4)CC3)O2)cs1. The Labute approximate surface area is 178 Å². The molecule has 2 aromatic heterocycles. The number of ether oxygens (including phenoxy) is 1. The summed E-state index contributed by atoms with van der Waals surface area (Å²) < 4.78 is 7.23. The number of likely N-dealkylation sites (tertiary alicyclic amines) is 1. The molecule has 0 aromatic carbocycles. The second-order valence-corrected chi connectivity index (χ2v) is 9.29. The van der Waals surface area contributed by atoms with Crippen LogP contribution in [0, 0.1) is 0 Å². The minimum atomic E-state index is -0.178. The quantitative estimate of drug-likeness (QED) is 0.732. The number of hydrogen-bond donors (Lipinski definition) is 1. The molecular formula is C20H24N4O3S2. The molecule has 2 aliphatic heterocycles. The van der Waals surface area contributed by atoms with Gasteiger partial charge in [0.05, 0.1) is 11.7 Å². The van der Waals surface area contributed by atoms with Gasteiger partial charge in [-0.1, -0.05) is 17.8 Å². The molecule has 1 atom stereocenters. The van der Waals surface area contributed by atoms with E-state index in [0.717, 1.165) is 30.0 Å². The topological polar surface area (TPSA) is 84.4 Å². The summed E-state index contributed by atoms with van der Waals surface area (Å²) in [7, 11) is 0. The summed E-state index contributed by atoms with van der Waals surface area (Å²) in [4.78, 5) is 35.2. The molecule has 1 spiro atoms. The lowest BCUT2D eigenvalue weighted by Crippen LogP contribution is -2.47. The molecule has 29 heavy (non-hydrogen) atoms. The van der Waals surface area contributed by atoms with Gasteiger partial charge < -0.3 is 15.0 Å². The van der Waals surface area contributed by atoms with Crippen molar-refractivity contribution in [2.75, 3.05) is 25.9 Å². The molecule has 7 nitrogen and oxygen atoms in total. The van der Waals surface area contributed by atoms with E-state index >= 15 is 0 Å². The van der Waals surface area contributed by atoms with Crippen molar-refractivity contribution < 1.29 is 14.3 Å². The van der Waals surface area contributed by atoms with E-state index in [4.69, 9.17) is 4.74 Å². The molecule has 9 heteroatoms. The maximum atomic E-state index is 12.6. The third kappa shape index (κ3) is 4.62. The van der Waals surface area contributed by atoms with Crippen LogP contribution in [-0.2, 0) is 4.74 Å². The molecule has 1 N–H and O–H groups in total. The number of carbonyl (C=O) groups is 2.